The summed E-state index contributed by atoms with van der Waals surface area (Å²) in [4.78, 5) is 25.1. The van der Waals surface area contributed by atoms with Crippen molar-refractivity contribution < 1.29 is 4.79 Å². The van der Waals surface area contributed by atoms with E-state index in [9.17, 15) is 4.79 Å². The van der Waals surface area contributed by atoms with Crippen LogP contribution in [0.25, 0.3) is 0 Å². The Hall–Kier alpha value is -0.900. The molecule has 6 nitrogen and oxygen atoms in total. The maximum atomic E-state index is 12.6. The van der Waals surface area contributed by atoms with Crippen molar-refractivity contribution in [3.05, 3.63) is 15.6 Å². The first-order chi connectivity index (χ1) is 12.6. The largest absolute Gasteiger partial charge is 0.357 e. The average Bonchev–Trinajstić information content (AvgIpc) is 3.35. The summed E-state index contributed by atoms with van der Waals surface area (Å²) in [7, 11) is 0. The number of rotatable bonds is 5. The average molecular weight is 505 g/mol. The highest BCUT2D eigenvalue weighted by Crippen LogP contribution is 2.27. The minimum atomic E-state index is 0. The lowest BCUT2D eigenvalue weighted by Gasteiger charge is -2.21. The smallest absolute Gasteiger partial charge is 0.225 e. The zero-order valence-corrected chi connectivity index (χ0v) is 19.7. The van der Waals surface area contributed by atoms with Crippen molar-refractivity contribution >= 4 is 47.2 Å². The Morgan fingerprint density at radius 2 is 2.04 bits per heavy atom. The van der Waals surface area contributed by atoms with Crippen LogP contribution in [0.3, 0.4) is 0 Å². The predicted octanol–water partition coefficient (Wildman–Crippen LogP) is 3.22. The summed E-state index contributed by atoms with van der Waals surface area (Å²) >= 11 is 1.71. The molecule has 1 aromatic rings. The van der Waals surface area contributed by atoms with Gasteiger partial charge in [-0.25, -0.2) is 9.98 Å². The summed E-state index contributed by atoms with van der Waals surface area (Å²) in [6.07, 6.45) is 5.55. The molecule has 2 fully saturated rings. The monoisotopic (exact) mass is 505 g/mol. The molecule has 1 aliphatic carbocycles. The molecule has 1 saturated carbocycles. The van der Waals surface area contributed by atoms with E-state index in [2.05, 4.69) is 34.5 Å². The molecule has 0 spiro atoms. The highest BCUT2D eigenvalue weighted by molar-refractivity contribution is 14.0. The molecule has 8 heteroatoms. The summed E-state index contributed by atoms with van der Waals surface area (Å²) in [6.45, 7) is 9.26. The Labute approximate surface area is 183 Å². The van der Waals surface area contributed by atoms with Gasteiger partial charge in [-0.05, 0) is 40.0 Å². The quantitative estimate of drug-likeness (QED) is 0.367. The summed E-state index contributed by atoms with van der Waals surface area (Å²) in [5, 5.41) is 7.86. The van der Waals surface area contributed by atoms with Gasteiger partial charge in [-0.2, -0.15) is 0 Å². The van der Waals surface area contributed by atoms with Gasteiger partial charge in [0.2, 0.25) is 5.91 Å². The van der Waals surface area contributed by atoms with Gasteiger partial charge in [-0.3, -0.25) is 4.79 Å². The van der Waals surface area contributed by atoms with Crippen LogP contribution in [-0.2, 0) is 11.3 Å². The Morgan fingerprint density at radius 3 is 2.67 bits per heavy atom. The van der Waals surface area contributed by atoms with Crippen LogP contribution >= 0.6 is 35.3 Å². The van der Waals surface area contributed by atoms with Gasteiger partial charge in [0, 0.05) is 36.5 Å². The second-order valence-electron chi connectivity index (χ2n) is 7.34. The van der Waals surface area contributed by atoms with Gasteiger partial charge in [0.25, 0.3) is 0 Å². The Bertz CT molecular complexity index is 637. The van der Waals surface area contributed by atoms with E-state index in [0.717, 1.165) is 55.6 Å². The fourth-order valence-corrected chi connectivity index (χ4v) is 4.63. The number of nitrogens with one attached hydrogen (secondary N) is 2. The third kappa shape index (κ3) is 6.04. The first-order valence-corrected chi connectivity index (χ1v) is 10.6. The zero-order chi connectivity index (χ0) is 18.5. The molecule has 0 bridgehead atoms. The van der Waals surface area contributed by atoms with Gasteiger partial charge in [-0.15, -0.1) is 35.3 Å². The molecule has 1 aliphatic heterocycles. The minimum absolute atomic E-state index is 0. The third-order valence-electron chi connectivity index (χ3n) is 5.33. The molecule has 1 atom stereocenters. The van der Waals surface area contributed by atoms with E-state index in [-0.39, 0.29) is 35.9 Å². The molecule has 2 N–H and O–H groups in total. The van der Waals surface area contributed by atoms with Crippen LogP contribution in [0.1, 0.15) is 54.6 Å². The van der Waals surface area contributed by atoms with E-state index in [1.54, 1.807) is 11.3 Å². The predicted molar refractivity (Wildman–Crippen MR) is 122 cm³/mol. The Kier molecular flexibility index (Phi) is 8.78. The zero-order valence-electron chi connectivity index (χ0n) is 16.6. The standard InChI is InChI=1S/C19H31N5OS.HI/c1-4-20-19(21-11-17-22-13(2)14(3)26-17)23-16-9-10-24(12-16)18(25)15-7-5-6-8-15;/h15-16H,4-12H2,1-3H3,(H2,20,21,23);1H. The van der Waals surface area contributed by atoms with Crippen molar-refractivity contribution in [2.75, 3.05) is 19.6 Å². The topological polar surface area (TPSA) is 69.6 Å². The minimum Gasteiger partial charge on any atom is -0.357 e. The fraction of sp³-hybridized carbons (Fsp3) is 0.737. The van der Waals surface area contributed by atoms with Crippen molar-refractivity contribution in [3.8, 4) is 0 Å². The lowest BCUT2D eigenvalue weighted by Crippen LogP contribution is -2.45. The molecular formula is C19H32IN5OS. The van der Waals surface area contributed by atoms with Gasteiger partial charge in [0.15, 0.2) is 5.96 Å². The van der Waals surface area contributed by atoms with Gasteiger partial charge in [-0.1, -0.05) is 12.8 Å². The Morgan fingerprint density at radius 1 is 1.30 bits per heavy atom. The number of hydrogen-bond acceptors (Lipinski definition) is 4. The van der Waals surface area contributed by atoms with E-state index in [0.29, 0.717) is 12.5 Å². The van der Waals surface area contributed by atoms with Crippen molar-refractivity contribution in [2.24, 2.45) is 10.9 Å². The SMILES string of the molecule is CCNC(=NCc1nc(C)c(C)s1)NC1CCN(C(=O)C2CCCC2)C1.I. The van der Waals surface area contributed by atoms with E-state index in [1.165, 1.54) is 17.7 Å². The number of amides is 1. The van der Waals surface area contributed by atoms with Crippen molar-refractivity contribution in [2.45, 2.75) is 65.5 Å². The molecule has 152 valence electrons. The molecule has 1 amide bonds. The van der Waals surface area contributed by atoms with Gasteiger partial charge < -0.3 is 15.5 Å². The molecule has 2 heterocycles. The van der Waals surface area contributed by atoms with Crippen LogP contribution < -0.4 is 10.6 Å². The molecule has 1 saturated heterocycles. The number of nitrogens with zero attached hydrogens (tertiary/aromatic N) is 3. The van der Waals surface area contributed by atoms with Crippen LogP contribution in [0, 0.1) is 19.8 Å². The van der Waals surface area contributed by atoms with Gasteiger partial charge in [0.1, 0.15) is 5.01 Å². The lowest BCUT2D eigenvalue weighted by molar-refractivity contribution is -0.134. The second kappa shape index (κ2) is 10.6. The molecule has 0 aromatic carbocycles. The summed E-state index contributed by atoms with van der Waals surface area (Å²) in [5.74, 6) is 1.45. The van der Waals surface area contributed by atoms with Crippen LogP contribution in [0.5, 0.6) is 0 Å². The van der Waals surface area contributed by atoms with E-state index < -0.39 is 0 Å². The number of likely N-dealkylation sites (tertiary alicyclic amines) is 1. The number of hydrogen-bond donors (Lipinski definition) is 2. The number of guanidine groups is 1. The van der Waals surface area contributed by atoms with Crippen molar-refractivity contribution in [1.29, 1.82) is 0 Å². The van der Waals surface area contributed by atoms with Crippen LogP contribution in [-0.4, -0.2) is 47.4 Å². The Balaban J connectivity index is 0.00000261. The number of carbonyl (C=O) groups is 1. The molecular weight excluding hydrogens is 473 g/mol. The van der Waals surface area contributed by atoms with Crippen molar-refractivity contribution in [1.82, 2.24) is 20.5 Å². The fourth-order valence-electron chi connectivity index (χ4n) is 3.78. The van der Waals surface area contributed by atoms with Crippen molar-refractivity contribution in [3.63, 3.8) is 0 Å². The molecule has 27 heavy (non-hydrogen) atoms. The molecule has 1 aromatic heterocycles. The van der Waals surface area contributed by atoms with Crippen LogP contribution in [0.4, 0.5) is 0 Å². The number of halogens is 1. The summed E-state index contributed by atoms with van der Waals surface area (Å²) in [6, 6.07) is 0.276. The van der Waals surface area contributed by atoms with E-state index in [4.69, 9.17) is 0 Å². The number of aromatic nitrogens is 1. The van der Waals surface area contributed by atoms with Crippen LogP contribution in [0.2, 0.25) is 0 Å². The molecule has 1 unspecified atom stereocenters. The van der Waals surface area contributed by atoms with E-state index in [1.807, 2.05) is 11.8 Å². The first kappa shape index (κ1) is 22.4. The molecule has 2 aliphatic rings. The highest BCUT2D eigenvalue weighted by atomic mass is 127. The maximum absolute atomic E-state index is 12.6. The second-order valence-corrected chi connectivity index (χ2v) is 8.63. The molecule has 3 rings (SSSR count). The van der Waals surface area contributed by atoms with E-state index >= 15 is 0 Å². The molecule has 0 radical (unpaired) electrons. The normalized spacial score (nSPS) is 20.6. The first-order valence-electron chi connectivity index (χ1n) is 9.83. The number of aliphatic imine (C=N–C) groups is 1. The third-order valence-corrected chi connectivity index (χ3v) is 6.39. The summed E-state index contributed by atoms with van der Waals surface area (Å²) in [5.41, 5.74) is 1.09. The number of aryl methyl sites for hydroxylation is 2. The van der Waals surface area contributed by atoms with Gasteiger partial charge in [0.05, 0.1) is 12.2 Å². The highest BCUT2D eigenvalue weighted by Gasteiger charge is 2.32. The lowest BCUT2D eigenvalue weighted by atomic mass is 10.1. The van der Waals surface area contributed by atoms with Crippen LogP contribution in [0.15, 0.2) is 4.99 Å². The maximum Gasteiger partial charge on any atom is 0.225 e. The number of thiazole rings is 1. The number of carbonyl (C=O) groups excluding carboxylic acids is 1. The summed E-state index contributed by atoms with van der Waals surface area (Å²) < 4.78 is 0. The van der Waals surface area contributed by atoms with Gasteiger partial charge >= 0.3 is 0 Å².